The number of quaternary nitrogens is 1. The maximum absolute atomic E-state index is 13.8. The topological polar surface area (TPSA) is 79.7 Å². The van der Waals surface area contributed by atoms with Crippen molar-refractivity contribution in [1.29, 1.82) is 0 Å². The molecule has 0 bridgehead atoms. The number of piperidine rings is 1. The van der Waals surface area contributed by atoms with Crippen LogP contribution >= 0.6 is 0 Å². The molecule has 1 unspecified atom stereocenters. The van der Waals surface area contributed by atoms with Crippen molar-refractivity contribution in [3.63, 3.8) is 0 Å². The lowest BCUT2D eigenvalue weighted by molar-refractivity contribution is -0.892. The molecule has 1 amide bonds. The summed E-state index contributed by atoms with van der Waals surface area (Å²) in [5.74, 6) is 0.882. The lowest BCUT2D eigenvalue weighted by Crippen LogP contribution is -2.61. The Labute approximate surface area is 195 Å². The van der Waals surface area contributed by atoms with E-state index in [-0.39, 0.29) is 23.9 Å². The molecule has 2 atom stereocenters. The highest BCUT2D eigenvalue weighted by Gasteiger charge is 2.50. The second-order valence-corrected chi connectivity index (χ2v) is 9.85. The van der Waals surface area contributed by atoms with Crippen molar-refractivity contribution < 1.29 is 23.9 Å². The SMILES string of the molecule is CC(C)CC(=O)[N+](C)(C1CCN(c2ccncc2)CC1)[C@@H]1CCc2ccc(OC(=O)O)cc21. The van der Waals surface area contributed by atoms with Gasteiger partial charge in [0.1, 0.15) is 11.8 Å². The van der Waals surface area contributed by atoms with Gasteiger partial charge in [0.15, 0.2) is 0 Å². The summed E-state index contributed by atoms with van der Waals surface area (Å²) in [6, 6.07) is 9.81. The Morgan fingerprint density at radius 3 is 2.48 bits per heavy atom. The van der Waals surface area contributed by atoms with Gasteiger partial charge in [-0.3, -0.25) is 9.47 Å². The summed E-state index contributed by atoms with van der Waals surface area (Å²) >= 11 is 0. The number of nitrogens with zero attached hydrogens (tertiary/aromatic N) is 3. The van der Waals surface area contributed by atoms with Gasteiger partial charge in [-0.15, -0.1) is 0 Å². The van der Waals surface area contributed by atoms with E-state index in [1.165, 1.54) is 11.3 Å². The van der Waals surface area contributed by atoms with Gasteiger partial charge in [-0.1, -0.05) is 19.9 Å². The lowest BCUT2D eigenvalue weighted by Gasteiger charge is -2.47. The second-order valence-electron chi connectivity index (χ2n) is 9.85. The van der Waals surface area contributed by atoms with Gasteiger partial charge in [0, 0.05) is 56.0 Å². The van der Waals surface area contributed by atoms with E-state index in [0.717, 1.165) is 44.3 Å². The smallest absolute Gasteiger partial charge is 0.449 e. The molecule has 2 aliphatic rings. The molecular formula is C26H34N3O4+. The van der Waals surface area contributed by atoms with Gasteiger partial charge in [-0.2, -0.15) is 0 Å². The number of aryl methyl sites for hydroxylation is 1. The molecule has 4 rings (SSSR count). The van der Waals surface area contributed by atoms with Crippen LogP contribution in [0, 0.1) is 5.92 Å². The lowest BCUT2D eigenvalue weighted by atomic mass is 9.93. The summed E-state index contributed by atoms with van der Waals surface area (Å²) in [5.41, 5.74) is 3.42. The average molecular weight is 453 g/mol. The first-order chi connectivity index (χ1) is 15.8. The first-order valence-electron chi connectivity index (χ1n) is 11.9. The van der Waals surface area contributed by atoms with Crippen LogP contribution in [0.1, 0.15) is 56.7 Å². The van der Waals surface area contributed by atoms with Gasteiger partial charge >= 0.3 is 12.1 Å². The maximum atomic E-state index is 13.8. The van der Waals surface area contributed by atoms with Crippen LogP contribution in [0.3, 0.4) is 0 Å². The first kappa shape index (κ1) is 23.2. The molecule has 0 radical (unpaired) electrons. The molecule has 1 aromatic heterocycles. The number of hydrogen-bond donors (Lipinski definition) is 1. The van der Waals surface area contributed by atoms with Gasteiger partial charge in [0.2, 0.25) is 0 Å². The number of ether oxygens (including phenoxy) is 1. The van der Waals surface area contributed by atoms with E-state index in [1.54, 1.807) is 6.07 Å². The Morgan fingerprint density at radius 1 is 1.15 bits per heavy atom. The third-order valence-corrected chi connectivity index (χ3v) is 7.39. The number of pyridine rings is 1. The number of carbonyl (C=O) groups excluding carboxylic acids is 1. The molecular weight excluding hydrogens is 418 g/mol. The quantitative estimate of drug-likeness (QED) is 0.385. The molecule has 2 heterocycles. The molecule has 0 saturated carbocycles. The molecule has 1 aliphatic carbocycles. The summed E-state index contributed by atoms with van der Waals surface area (Å²) in [4.78, 5) is 31.4. The zero-order chi connectivity index (χ0) is 23.6. The average Bonchev–Trinajstić information content (AvgIpc) is 3.22. The molecule has 1 aliphatic heterocycles. The standard InChI is InChI=1S/C26H33N3O4/c1-18(2)16-25(30)29(3,21-10-14-28(15-11-21)20-8-12-27-13-9-20)24-7-5-19-4-6-22(17-23(19)24)33-26(31)32/h4,6,8-9,12-13,17-18,21,24H,5,7,10-11,14-16H2,1-3H3/p+1/t24-,29?/m1/s1. The number of carboxylic acid groups (broad SMARTS) is 1. The molecule has 0 spiro atoms. The van der Waals surface area contributed by atoms with Crippen LogP contribution in [-0.4, -0.2) is 52.8 Å². The number of carbonyl (C=O) groups is 2. The van der Waals surface area contributed by atoms with Gasteiger partial charge in [0.25, 0.3) is 0 Å². The zero-order valence-corrected chi connectivity index (χ0v) is 19.7. The number of rotatable bonds is 6. The third-order valence-electron chi connectivity index (χ3n) is 7.39. The number of hydrogen-bond acceptors (Lipinski definition) is 5. The van der Waals surface area contributed by atoms with Gasteiger partial charge in [-0.05, 0) is 42.2 Å². The maximum Gasteiger partial charge on any atom is 0.511 e. The van der Waals surface area contributed by atoms with Gasteiger partial charge in [-0.25, -0.2) is 9.59 Å². The monoisotopic (exact) mass is 452 g/mol. The molecule has 33 heavy (non-hydrogen) atoms. The fourth-order valence-corrected chi connectivity index (χ4v) is 5.67. The fourth-order valence-electron chi connectivity index (χ4n) is 5.67. The second kappa shape index (κ2) is 9.51. The highest BCUT2D eigenvalue weighted by atomic mass is 16.7. The van der Waals surface area contributed by atoms with Crippen LogP contribution in [0.25, 0.3) is 0 Å². The minimum Gasteiger partial charge on any atom is -0.449 e. The predicted molar refractivity (Wildman–Crippen MR) is 126 cm³/mol. The third kappa shape index (κ3) is 4.74. The normalized spacial score (nSPS) is 20.4. The van der Waals surface area contributed by atoms with Crippen LogP contribution in [-0.2, 0) is 11.2 Å². The summed E-state index contributed by atoms with van der Waals surface area (Å²) in [6.07, 6.45) is 6.50. The van der Waals surface area contributed by atoms with Crippen LogP contribution < -0.4 is 9.64 Å². The highest BCUT2D eigenvalue weighted by Crippen LogP contribution is 2.45. The summed E-state index contributed by atoms with van der Waals surface area (Å²) in [5, 5.41) is 9.06. The molecule has 2 aromatic rings. The van der Waals surface area contributed by atoms with Crippen LogP contribution in [0.2, 0.25) is 0 Å². The molecule has 1 fully saturated rings. The van der Waals surface area contributed by atoms with Crippen molar-refractivity contribution >= 4 is 17.7 Å². The van der Waals surface area contributed by atoms with Crippen molar-refractivity contribution in [2.75, 3.05) is 25.0 Å². The summed E-state index contributed by atoms with van der Waals surface area (Å²) in [7, 11) is 2.11. The fraction of sp³-hybridized carbons (Fsp3) is 0.500. The molecule has 7 nitrogen and oxygen atoms in total. The van der Waals surface area contributed by atoms with Gasteiger partial charge < -0.3 is 14.7 Å². The van der Waals surface area contributed by atoms with Crippen molar-refractivity contribution in [1.82, 2.24) is 4.98 Å². The van der Waals surface area contributed by atoms with Crippen LogP contribution in [0.15, 0.2) is 42.7 Å². The van der Waals surface area contributed by atoms with Crippen molar-refractivity contribution in [3.8, 4) is 5.75 Å². The van der Waals surface area contributed by atoms with E-state index < -0.39 is 6.16 Å². The first-order valence-corrected chi connectivity index (χ1v) is 11.9. The minimum absolute atomic E-state index is 0.0149. The Balaban J connectivity index is 1.63. The molecule has 176 valence electrons. The zero-order valence-electron chi connectivity index (χ0n) is 19.7. The van der Waals surface area contributed by atoms with Gasteiger partial charge in [0.05, 0.1) is 19.5 Å². The van der Waals surface area contributed by atoms with E-state index in [9.17, 15) is 9.59 Å². The Kier molecular flexibility index (Phi) is 6.70. The molecule has 7 heteroatoms. The van der Waals surface area contributed by atoms with Crippen molar-refractivity contribution in [2.45, 2.75) is 58.0 Å². The number of fused-ring (bicyclic) bond motifs is 1. The van der Waals surface area contributed by atoms with Crippen molar-refractivity contribution in [3.05, 3.63) is 53.9 Å². The number of benzene rings is 1. The Bertz CT molecular complexity index is 1000. The highest BCUT2D eigenvalue weighted by molar-refractivity contribution is 5.70. The number of anilines is 1. The van der Waals surface area contributed by atoms with E-state index in [2.05, 4.69) is 30.8 Å². The van der Waals surface area contributed by atoms with Crippen LogP contribution in [0.4, 0.5) is 10.5 Å². The van der Waals surface area contributed by atoms with E-state index in [1.807, 2.05) is 36.7 Å². The predicted octanol–water partition coefficient (Wildman–Crippen LogP) is 4.81. The largest absolute Gasteiger partial charge is 0.511 e. The molecule has 1 aromatic carbocycles. The van der Waals surface area contributed by atoms with E-state index in [4.69, 9.17) is 9.84 Å². The number of amides is 1. The summed E-state index contributed by atoms with van der Waals surface area (Å²) < 4.78 is 5.33. The summed E-state index contributed by atoms with van der Waals surface area (Å²) in [6.45, 7) is 5.99. The minimum atomic E-state index is -1.32. The van der Waals surface area contributed by atoms with E-state index >= 15 is 0 Å². The number of aromatic nitrogens is 1. The van der Waals surface area contributed by atoms with Crippen LogP contribution in [0.5, 0.6) is 5.75 Å². The Hall–Kier alpha value is -2.93. The van der Waals surface area contributed by atoms with Crippen molar-refractivity contribution in [2.24, 2.45) is 5.92 Å². The Morgan fingerprint density at radius 2 is 1.85 bits per heavy atom. The molecule has 1 N–H and O–H groups in total. The molecule has 1 saturated heterocycles. The van der Waals surface area contributed by atoms with E-state index in [0.29, 0.717) is 16.7 Å².